The summed E-state index contributed by atoms with van der Waals surface area (Å²) in [6, 6.07) is 11.6. The number of anilines is 2. The second-order valence-corrected chi connectivity index (χ2v) is 7.78. The van der Waals surface area contributed by atoms with Crippen molar-refractivity contribution in [2.24, 2.45) is 0 Å². The van der Waals surface area contributed by atoms with Crippen LogP contribution in [0.4, 0.5) is 11.4 Å². The molecule has 0 aliphatic carbocycles. The lowest BCUT2D eigenvalue weighted by molar-refractivity contribution is -0.116. The van der Waals surface area contributed by atoms with E-state index in [9.17, 15) is 13.2 Å². The molecule has 25 heavy (non-hydrogen) atoms. The molecule has 0 radical (unpaired) electrons. The Labute approximate surface area is 151 Å². The maximum Gasteiger partial charge on any atom is 0.236 e. The van der Waals surface area contributed by atoms with Gasteiger partial charge in [-0.1, -0.05) is 29.8 Å². The van der Waals surface area contributed by atoms with Crippen LogP contribution in [0, 0.1) is 0 Å². The molecule has 0 bridgehead atoms. The van der Waals surface area contributed by atoms with Gasteiger partial charge in [0.25, 0.3) is 0 Å². The normalized spacial score (nSPS) is 13.8. The molecule has 1 heterocycles. The zero-order chi connectivity index (χ0) is 18.0. The minimum Gasteiger partial charge on any atom is -0.489 e. The molecule has 132 valence electrons. The first-order chi connectivity index (χ1) is 11.9. The quantitative estimate of drug-likeness (QED) is 0.884. The third-order valence-electron chi connectivity index (χ3n) is 3.78. The SMILES string of the molecule is CC(=O)N1CCOc2cc(NS(=O)(=O)Cc3ccccc3Cl)ccc21. The highest BCUT2D eigenvalue weighted by Gasteiger charge is 2.22. The third kappa shape index (κ3) is 4.05. The standard InChI is InChI=1S/C17H17ClN2O4S/c1-12(21)20-8-9-24-17-10-14(6-7-16(17)20)19-25(22,23)11-13-4-2-3-5-15(13)18/h2-7,10,19H,8-9,11H2,1H3. The highest BCUT2D eigenvalue weighted by molar-refractivity contribution is 7.91. The zero-order valence-electron chi connectivity index (χ0n) is 13.5. The second kappa shape index (κ2) is 6.93. The van der Waals surface area contributed by atoms with E-state index in [0.29, 0.717) is 40.9 Å². The number of carbonyl (C=O) groups excluding carboxylic acids is 1. The van der Waals surface area contributed by atoms with Crippen molar-refractivity contribution in [1.82, 2.24) is 0 Å². The molecule has 0 aromatic heterocycles. The van der Waals surface area contributed by atoms with Gasteiger partial charge in [-0.3, -0.25) is 9.52 Å². The lowest BCUT2D eigenvalue weighted by Crippen LogP contribution is -2.36. The predicted molar refractivity (Wildman–Crippen MR) is 97.7 cm³/mol. The monoisotopic (exact) mass is 380 g/mol. The number of rotatable bonds is 4. The first-order valence-electron chi connectivity index (χ1n) is 7.64. The van der Waals surface area contributed by atoms with E-state index in [-0.39, 0.29) is 11.7 Å². The number of hydrogen-bond acceptors (Lipinski definition) is 4. The molecule has 0 saturated carbocycles. The fourth-order valence-corrected chi connectivity index (χ4v) is 4.15. The van der Waals surface area contributed by atoms with Gasteiger partial charge in [-0.25, -0.2) is 8.42 Å². The van der Waals surface area contributed by atoms with E-state index in [4.69, 9.17) is 16.3 Å². The lowest BCUT2D eigenvalue weighted by Gasteiger charge is -2.29. The smallest absolute Gasteiger partial charge is 0.236 e. The third-order valence-corrected chi connectivity index (χ3v) is 5.39. The summed E-state index contributed by atoms with van der Waals surface area (Å²) in [5.74, 6) is 0.153. The van der Waals surface area contributed by atoms with Gasteiger partial charge in [0.15, 0.2) is 0 Å². The molecule has 1 N–H and O–H groups in total. The molecule has 0 unspecified atom stereocenters. The van der Waals surface area contributed by atoms with Crippen LogP contribution in [-0.4, -0.2) is 27.5 Å². The molecular formula is C17H17ClN2O4S. The molecule has 8 heteroatoms. The second-order valence-electron chi connectivity index (χ2n) is 5.65. The van der Waals surface area contributed by atoms with Crippen molar-refractivity contribution in [3.05, 3.63) is 53.1 Å². The van der Waals surface area contributed by atoms with Crippen LogP contribution in [0.5, 0.6) is 5.75 Å². The van der Waals surface area contributed by atoms with Gasteiger partial charge in [-0.15, -0.1) is 0 Å². The Morgan fingerprint density at radius 2 is 2.04 bits per heavy atom. The number of amides is 1. The minimum atomic E-state index is -3.64. The van der Waals surface area contributed by atoms with Crippen LogP contribution in [0.1, 0.15) is 12.5 Å². The molecule has 2 aromatic rings. The number of carbonyl (C=O) groups is 1. The van der Waals surface area contributed by atoms with Crippen molar-refractivity contribution in [3.8, 4) is 5.75 Å². The average Bonchev–Trinajstić information content (AvgIpc) is 2.55. The van der Waals surface area contributed by atoms with Crippen LogP contribution in [-0.2, 0) is 20.6 Å². The number of nitrogens with one attached hydrogen (secondary N) is 1. The number of fused-ring (bicyclic) bond motifs is 1. The fraction of sp³-hybridized carbons (Fsp3) is 0.235. The van der Waals surface area contributed by atoms with Crippen molar-refractivity contribution in [1.29, 1.82) is 0 Å². The van der Waals surface area contributed by atoms with E-state index in [0.717, 1.165) is 0 Å². The predicted octanol–water partition coefficient (Wildman–Crippen LogP) is 3.03. The van der Waals surface area contributed by atoms with Crippen molar-refractivity contribution in [3.63, 3.8) is 0 Å². The van der Waals surface area contributed by atoms with E-state index < -0.39 is 10.0 Å². The summed E-state index contributed by atoms with van der Waals surface area (Å²) in [4.78, 5) is 13.3. The number of ether oxygens (including phenoxy) is 1. The minimum absolute atomic E-state index is 0.0865. The van der Waals surface area contributed by atoms with Crippen molar-refractivity contribution in [2.45, 2.75) is 12.7 Å². The molecule has 0 saturated heterocycles. The highest BCUT2D eigenvalue weighted by Crippen LogP contribution is 2.34. The topological polar surface area (TPSA) is 75.7 Å². The van der Waals surface area contributed by atoms with Crippen LogP contribution < -0.4 is 14.4 Å². The Hall–Kier alpha value is -2.25. The molecule has 0 fully saturated rings. The van der Waals surface area contributed by atoms with Crippen molar-refractivity contribution in [2.75, 3.05) is 22.8 Å². The molecule has 0 atom stereocenters. The number of benzene rings is 2. The maximum absolute atomic E-state index is 12.4. The van der Waals surface area contributed by atoms with Gasteiger partial charge in [-0.2, -0.15) is 0 Å². The Morgan fingerprint density at radius 1 is 1.28 bits per heavy atom. The lowest BCUT2D eigenvalue weighted by atomic mass is 10.2. The van der Waals surface area contributed by atoms with E-state index in [2.05, 4.69) is 4.72 Å². The van der Waals surface area contributed by atoms with E-state index in [1.807, 2.05) is 0 Å². The van der Waals surface area contributed by atoms with Crippen LogP contribution >= 0.6 is 11.6 Å². The number of sulfonamides is 1. The number of halogens is 1. The largest absolute Gasteiger partial charge is 0.489 e. The summed E-state index contributed by atoms with van der Waals surface area (Å²) in [6.45, 7) is 2.32. The summed E-state index contributed by atoms with van der Waals surface area (Å²) in [7, 11) is -3.64. The number of nitrogens with zero attached hydrogens (tertiary/aromatic N) is 1. The molecular weight excluding hydrogens is 364 g/mol. The van der Waals surface area contributed by atoms with E-state index >= 15 is 0 Å². The molecule has 0 spiro atoms. The van der Waals surface area contributed by atoms with Crippen molar-refractivity contribution < 1.29 is 17.9 Å². The van der Waals surface area contributed by atoms with Gasteiger partial charge < -0.3 is 9.64 Å². The molecule has 6 nitrogen and oxygen atoms in total. The van der Waals surface area contributed by atoms with Gasteiger partial charge >= 0.3 is 0 Å². The summed E-state index contributed by atoms with van der Waals surface area (Å²) >= 11 is 6.02. The summed E-state index contributed by atoms with van der Waals surface area (Å²) in [5.41, 5.74) is 1.53. The zero-order valence-corrected chi connectivity index (χ0v) is 15.1. The summed E-state index contributed by atoms with van der Waals surface area (Å²) < 4.78 is 32.8. The van der Waals surface area contributed by atoms with Crippen LogP contribution in [0.2, 0.25) is 5.02 Å². The molecule has 1 aliphatic heterocycles. The van der Waals surface area contributed by atoms with Gasteiger partial charge in [0.05, 0.1) is 23.7 Å². The Bertz CT molecular complexity index is 915. The van der Waals surface area contributed by atoms with Crippen LogP contribution in [0.3, 0.4) is 0 Å². The molecule has 1 amide bonds. The van der Waals surface area contributed by atoms with Crippen LogP contribution in [0.15, 0.2) is 42.5 Å². The Morgan fingerprint density at radius 3 is 2.76 bits per heavy atom. The highest BCUT2D eigenvalue weighted by atomic mass is 35.5. The van der Waals surface area contributed by atoms with Crippen molar-refractivity contribution >= 4 is 38.9 Å². The number of hydrogen-bond donors (Lipinski definition) is 1. The Balaban J connectivity index is 1.81. The van der Waals surface area contributed by atoms with E-state index in [1.165, 1.54) is 6.92 Å². The summed E-state index contributed by atoms with van der Waals surface area (Å²) in [6.07, 6.45) is 0. The van der Waals surface area contributed by atoms with Gasteiger partial charge in [0, 0.05) is 18.0 Å². The molecule has 1 aliphatic rings. The molecule has 2 aromatic carbocycles. The Kier molecular flexibility index (Phi) is 4.87. The maximum atomic E-state index is 12.4. The summed E-state index contributed by atoms with van der Waals surface area (Å²) in [5, 5.41) is 0.402. The van der Waals surface area contributed by atoms with Gasteiger partial charge in [0.1, 0.15) is 12.4 Å². The van der Waals surface area contributed by atoms with Gasteiger partial charge in [-0.05, 0) is 23.8 Å². The average molecular weight is 381 g/mol. The van der Waals surface area contributed by atoms with Gasteiger partial charge in [0.2, 0.25) is 15.9 Å². The van der Waals surface area contributed by atoms with Crippen LogP contribution in [0.25, 0.3) is 0 Å². The first kappa shape index (κ1) is 17.6. The fourth-order valence-electron chi connectivity index (χ4n) is 2.65. The van der Waals surface area contributed by atoms with E-state index in [1.54, 1.807) is 47.4 Å². The first-order valence-corrected chi connectivity index (χ1v) is 9.67. The molecule has 3 rings (SSSR count).